The number of aromatic nitrogens is 2. The Morgan fingerprint density at radius 3 is 2.62 bits per heavy atom. The lowest BCUT2D eigenvalue weighted by atomic mass is 10.1. The van der Waals surface area contributed by atoms with Crippen molar-refractivity contribution >= 4 is 38.7 Å². The Bertz CT molecular complexity index is 901. The molecule has 1 fully saturated rings. The number of thiophene rings is 1. The van der Waals surface area contributed by atoms with Gasteiger partial charge in [0.05, 0.1) is 23.1 Å². The lowest BCUT2D eigenvalue weighted by Crippen LogP contribution is -2.35. The fourth-order valence-electron chi connectivity index (χ4n) is 2.82. The van der Waals surface area contributed by atoms with Crippen LogP contribution in [0.25, 0.3) is 11.1 Å². The van der Waals surface area contributed by atoms with Gasteiger partial charge in [-0.15, -0.1) is 21.5 Å². The number of carbonyl (C=O) groups excluding carboxylic acids is 1. The third-order valence-corrected chi connectivity index (χ3v) is 6.01. The van der Waals surface area contributed by atoms with Crippen molar-refractivity contribution < 1.29 is 9.53 Å². The number of rotatable bonds is 4. The molecule has 8 heteroatoms. The monoisotopic (exact) mass is 386 g/mol. The second-order valence-corrected chi connectivity index (χ2v) is 8.09. The van der Waals surface area contributed by atoms with Crippen LogP contribution in [0.4, 0.5) is 10.1 Å². The van der Waals surface area contributed by atoms with Crippen molar-refractivity contribution in [1.29, 1.82) is 0 Å². The molecular weight excluding hydrogens is 368 g/mol. The Labute approximate surface area is 159 Å². The van der Waals surface area contributed by atoms with Crippen LogP contribution in [0.5, 0.6) is 0 Å². The smallest absolute Gasteiger partial charge is 0.267 e. The van der Waals surface area contributed by atoms with E-state index >= 15 is 0 Å². The quantitative estimate of drug-likeness (QED) is 0.741. The number of morpholine rings is 1. The Hall–Kier alpha value is -2.29. The highest BCUT2D eigenvalue weighted by atomic mass is 32.1. The summed E-state index contributed by atoms with van der Waals surface area (Å²) in [4.78, 5) is 15.7. The largest absolute Gasteiger partial charge is 0.378 e. The van der Waals surface area contributed by atoms with E-state index in [1.165, 1.54) is 22.7 Å². The number of ether oxygens (including phenoxy) is 1. The minimum atomic E-state index is -0.150. The van der Waals surface area contributed by atoms with E-state index in [9.17, 15) is 4.79 Å². The van der Waals surface area contributed by atoms with Gasteiger partial charge in [0.15, 0.2) is 0 Å². The number of anilines is 2. The third-order valence-electron chi connectivity index (χ3n) is 4.07. The van der Waals surface area contributed by atoms with Crippen molar-refractivity contribution in [3.63, 3.8) is 0 Å². The van der Waals surface area contributed by atoms with Gasteiger partial charge in [-0.2, -0.15) is 0 Å². The zero-order valence-electron chi connectivity index (χ0n) is 14.3. The number of hydrogen-bond acceptors (Lipinski definition) is 7. The van der Waals surface area contributed by atoms with E-state index in [1.807, 2.05) is 31.2 Å². The van der Waals surface area contributed by atoms with Gasteiger partial charge >= 0.3 is 0 Å². The molecule has 0 spiro atoms. The van der Waals surface area contributed by atoms with E-state index in [4.69, 9.17) is 4.74 Å². The third kappa shape index (κ3) is 3.62. The molecule has 1 aliphatic heterocycles. The molecule has 0 atom stereocenters. The van der Waals surface area contributed by atoms with E-state index in [0.29, 0.717) is 23.2 Å². The van der Waals surface area contributed by atoms with Crippen LogP contribution in [0, 0.1) is 6.92 Å². The summed E-state index contributed by atoms with van der Waals surface area (Å²) in [7, 11) is 0. The van der Waals surface area contributed by atoms with Crippen LogP contribution in [0.2, 0.25) is 0 Å². The van der Waals surface area contributed by atoms with Gasteiger partial charge in [-0.1, -0.05) is 41.7 Å². The molecule has 3 heterocycles. The molecule has 1 aliphatic rings. The topological polar surface area (TPSA) is 67.4 Å². The van der Waals surface area contributed by atoms with Crippen molar-refractivity contribution in [3.8, 4) is 11.1 Å². The summed E-state index contributed by atoms with van der Waals surface area (Å²) in [5.41, 5.74) is 2.19. The Balaban J connectivity index is 1.67. The number of amides is 1. The number of hydrogen-bond donors (Lipinski definition) is 1. The molecule has 0 bridgehead atoms. The van der Waals surface area contributed by atoms with Gasteiger partial charge in [0, 0.05) is 18.7 Å². The lowest BCUT2D eigenvalue weighted by molar-refractivity contribution is 0.103. The summed E-state index contributed by atoms with van der Waals surface area (Å²) in [6, 6.07) is 12.1. The Kier molecular flexibility index (Phi) is 4.96. The first kappa shape index (κ1) is 17.1. The summed E-state index contributed by atoms with van der Waals surface area (Å²) in [6.07, 6.45) is 0. The van der Waals surface area contributed by atoms with E-state index in [0.717, 1.165) is 34.2 Å². The van der Waals surface area contributed by atoms with E-state index in [1.54, 1.807) is 0 Å². The van der Waals surface area contributed by atoms with Crippen molar-refractivity contribution in [2.45, 2.75) is 6.92 Å². The first-order valence-corrected chi connectivity index (χ1v) is 9.97. The highest BCUT2D eigenvalue weighted by Gasteiger charge is 2.22. The Morgan fingerprint density at radius 2 is 1.92 bits per heavy atom. The van der Waals surface area contributed by atoms with Crippen LogP contribution in [0.15, 0.2) is 36.4 Å². The molecule has 1 amide bonds. The van der Waals surface area contributed by atoms with E-state index in [-0.39, 0.29) is 5.91 Å². The second kappa shape index (κ2) is 7.53. The SMILES string of the molecule is Cc1nnc(NC(=O)c2cc(-c3ccccc3)c(N3CCOCC3)s2)s1. The zero-order chi connectivity index (χ0) is 17.9. The predicted octanol–water partition coefficient (Wildman–Crippen LogP) is 3.66. The molecule has 0 saturated carbocycles. The van der Waals surface area contributed by atoms with Crippen LogP contribution in [-0.2, 0) is 4.74 Å². The molecular formula is C18H18N4O2S2. The number of nitrogens with one attached hydrogen (secondary N) is 1. The fraction of sp³-hybridized carbons (Fsp3) is 0.278. The number of nitrogens with zero attached hydrogens (tertiary/aromatic N) is 3. The molecule has 0 aliphatic carbocycles. The minimum Gasteiger partial charge on any atom is -0.378 e. The van der Waals surface area contributed by atoms with Crippen molar-refractivity contribution in [1.82, 2.24) is 10.2 Å². The molecule has 1 aromatic carbocycles. The maximum Gasteiger partial charge on any atom is 0.267 e. The van der Waals surface area contributed by atoms with E-state index < -0.39 is 0 Å². The summed E-state index contributed by atoms with van der Waals surface area (Å²) < 4.78 is 5.47. The van der Waals surface area contributed by atoms with Crippen molar-refractivity contribution in [2.75, 3.05) is 36.5 Å². The maximum atomic E-state index is 12.7. The Morgan fingerprint density at radius 1 is 1.15 bits per heavy atom. The fourth-order valence-corrected chi connectivity index (χ4v) is 4.54. The van der Waals surface area contributed by atoms with Gasteiger partial charge in [-0.3, -0.25) is 10.1 Å². The summed E-state index contributed by atoms with van der Waals surface area (Å²) in [5, 5.41) is 13.2. The molecule has 0 unspecified atom stereocenters. The molecule has 134 valence electrons. The zero-order valence-corrected chi connectivity index (χ0v) is 15.9. The van der Waals surface area contributed by atoms with Crippen LogP contribution in [0.1, 0.15) is 14.7 Å². The van der Waals surface area contributed by atoms with Gasteiger partial charge in [-0.25, -0.2) is 0 Å². The minimum absolute atomic E-state index is 0.150. The highest BCUT2D eigenvalue weighted by molar-refractivity contribution is 7.19. The molecule has 1 N–H and O–H groups in total. The lowest BCUT2D eigenvalue weighted by Gasteiger charge is -2.28. The average molecular weight is 387 g/mol. The molecule has 2 aromatic heterocycles. The van der Waals surface area contributed by atoms with Crippen LogP contribution >= 0.6 is 22.7 Å². The number of carbonyl (C=O) groups is 1. The first-order valence-electron chi connectivity index (χ1n) is 8.34. The summed E-state index contributed by atoms with van der Waals surface area (Å²) in [6.45, 7) is 4.94. The predicted molar refractivity (Wildman–Crippen MR) is 105 cm³/mol. The van der Waals surface area contributed by atoms with Crippen LogP contribution in [0.3, 0.4) is 0 Å². The number of benzene rings is 1. The van der Waals surface area contributed by atoms with E-state index in [2.05, 4.69) is 32.5 Å². The van der Waals surface area contributed by atoms with Gasteiger partial charge in [0.2, 0.25) is 5.13 Å². The van der Waals surface area contributed by atoms with Crippen LogP contribution in [-0.4, -0.2) is 42.4 Å². The number of aryl methyl sites for hydroxylation is 1. The van der Waals surface area contributed by atoms with Crippen molar-refractivity contribution in [2.24, 2.45) is 0 Å². The molecule has 3 aromatic rings. The van der Waals surface area contributed by atoms with Crippen LogP contribution < -0.4 is 10.2 Å². The molecule has 26 heavy (non-hydrogen) atoms. The highest BCUT2D eigenvalue weighted by Crippen LogP contribution is 2.39. The summed E-state index contributed by atoms with van der Waals surface area (Å²) in [5.74, 6) is -0.150. The standard InChI is InChI=1S/C18H18N4O2S2/c1-12-20-21-18(25-12)19-16(23)15-11-14(13-5-3-2-4-6-13)17(26-15)22-7-9-24-10-8-22/h2-6,11H,7-10H2,1H3,(H,19,21,23). The summed E-state index contributed by atoms with van der Waals surface area (Å²) >= 11 is 2.88. The van der Waals surface area contributed by atoms with Gasteiger partial charge in [-0.05, 0) is 18.6 Å². The van der Waals surface area contributed by atoms with Crippen molar-refractivity contribution in [3.05, 3.63) is 46.3 Å². The van der Waals surface area contributed by atoms with Gasteiger partial charge < -0.3 is 9.64 Å². The molecule has 4 rings (SSSR count). The normalized spacial score (nSPS) is 14.4. The molecule has 1 saturated heterocycles. The first-order chi connectivity index (χ1) is 12.7. The molecule has 6 nitrogen and oxygen atoms in total. The van der Waals surface area contributed by atoms with Gasteiger partial charge in [0.25, 0.3) is 5.91 Å². The molecule has 0 radical (unpaired) electrons. The maximum absolute atomic E-state index is 12.7. The van der Waals surface area contributed by atoms with Gasteiger partial charge in [0.1, 0.15) is 5.01 Å². The second-order valence-electron chi connectivity index (χ2n) is 5.88. The average Bonchev–Trinajstić information content (AvgIpc) is 3.30.